The molecule has 1 aliphatic rings. The van der Waals surface area contributed by atoms with Gasteiger partial charge in [-0.3, -0.25) is 9.69 Å². The SMILES string of the molecule is Cc1cc(Cl)ccc1OCC(=O)NCCCN1CCN(c2ncccn2)CC1. The van der Waals surface area contributed by atoms with Crippen LogP contribution in [0.1, 0.15) is 12.0 Å². The maximum absolute atomic E-state index is 11.9. The molecule has 1 amide bonds. The van der Waals surface area contributed by atoms with Crippen molar-refractivity contribution >= 4 is 23.5 Å². The van der Waals surface area contributed by atoms with E-state index in [0.29, 0.717) is 17.3 Å². The van der Waals surface area contributed by atoms with Gasteiger partial charge in [-0.15, -0.1) is 0 Å². The lowest BCUT2D eigenvalue weighted by Crippen LogP contribution is -2.47. The van der Waals surface area contributed by atoms with Gasteiger partial charge < -0.3 is 15.0 Å². The van der Waals surface area contributed by atoms with E-state index >= 15 is 0 Å². The summed E-state index contributed by atoms with van der Waals surface area (Å²) in [5.41, 5.74) is 0.917. The van der Waals surface area contributed by atoms with Crippen LogP contribution in [-0.4, -0.2) is 66.7 Å². The van der Waals surface area contributed by atoms with E-state index in [2.05, 4.69) is 25.1 Å². The zero-order valence-corrected chi connectivity index (χ0v) is 16.9. The fourth-order valence-corrected chi connectivity index (χ4v) is 3.35. The van der Waals surface area contributed by atoms with Crippen molar-refractivity contribution in [2.75, 3.05) is 50.8 Å². The fourth-order valence-electron chi connectivity index (χ4n) is 3.13. The molecule has 7 nitrogen and oxygen atoms in total. The first-order valence-corrected chi connectivity index (χ1v) is 9.89. The third-order valence-electron chi connectivity index (χ3n) is 4.68. The zero-order chi connectivity index (χ0) is 19.8. The first-order chi connectivity index (χ1) is 13.6. The van der Waals surface area contributed by atoms with E-state index < -0.39 is 0 Å². The Kier molecular flexibility index (Phi) is 7.45. The average Bonchev–Trinajstić information content (AvgIpc) is 2.72. The van der Waals surface area contributed by atoms with Gasteiger partial charge in [-0.25, -0.2) is 9.97 Å². The molecule has 2 aromatic rings. The third-order valence-corrected chi connectivity index (χ3v) is 4.91. The van der Waals surface area contributed by atoms with Crippen molar-refractivity contribution in [3.05, 3.63) is 47.2 Å². The molecule has 1 saturated heterocycles. The van der Waals surface area contributed by atoms with Gasteiger partial charge >= 0.3 is 0 Å². The second-order valence-electron chi connectivity index (χ2n) is 6.78. The number of carbonyl (C=O) groups excluding carboxylic acids is 1. The van der Waals surface area contributed by atoms with Gasteiger partial charge in [0.2, 0.25) is 5.95 Å². The molecule has 0 aliphatic carbocycles. The monoisotopic (exact) mass is 403 g/mol. The van der Waals surface area contributed by atoms with Crippen LogP contribution in [0.4, 0.5) is 5.95 Å². The molecule has 0 spiro atoms. The van der Waals surface area contributed by atoms with Crippen LogP contribution in [0.5, 0.6) is 5.75 Å². The van der Waals surface area contributed by atoms with Crippen LogP contribution in [0.3, 0.4) is 0 Å². The molecule has 1 N–H and O–H groups in total. The van der Waals surface area contributed by atoms with Gasteiger partial charge in [0, 0.05) is 50.1 Å². The summed E-state index contributed by atoms with van der Waals surface area (Å²) in [6.07, 6.45) is 4.46. The second kappa shape index (κ2) is 10.2. The second-order valence-corrected chi connectivity index (χ2v) is 7.22. The Morgan fingerprint density at radius 1 is 1.21 bits per heavy atom. The molecule has 1 fully saturated rings. The minimum Gasteiger partial charge on any atom is -0.484 e. The summed E-state index contributed by atoms with van der Waals surface area (Å²) in [5.74, 6) is 1.37. The van der Waals surface area contributed by atoms with E-state index in [1.807, 2.05) is 19.1 Å². The smallest absolute Gasteiger partial charge is 0.257 e. The molecule has 0 atom stereocenters. The number of aryl methyl sites for hydroxylation is 1. The van der Waals surface area contributed by atoms with Crippen LogP contribution in [0, 0.1) is 6.92 Å². The number of hydrogen-bond acceptors (Lipinski definition) is 6. The summed E-state index contributed by atoms with van der Waals surface area (Å²) in [5, 5.41) is 3.57. The van der Waals surface area contributed by atoms with Crippen molar-refractivity contribution < 1.29 is 9.53 Å². The first-order valence-electron chi connectivity index (χ1n) is 9.52. The molecule has 150 valence electrons. The molecular formula is C20H26ClN5O2. The number of piperazine rings is 1. The van der Waals surface area contributed by atoms with Crippen molar-refractivity contribution in [3.63, 3.8) is 0 Å². The summed E-state index contributed by atoms with van der Waals surface area (Å²) in [6.45, 7) is 7.32. The fraction of sp³-hybridized carbons (Fsp3) is 0.450. The van der Waals surface area contributed by atoms with Crippen molar-refractivity contribution in [1.82, 2.24) is 20.2 Å². The van der Waals surface area contributed by atoms with Crippen molar-refractivity contribution in [2.45, 2.75) is 13.3 Å². The minimum absolute atomic E-state index is 0.0121. The number of anilines is 1. The lowest BCUT2D eigenvalue weighted by Gasteiger charge is -2.34. The van der Waals surface area contributed by atoms with E-state index in [-0.39, 0.29) is 12.5 Å². The Morgan fingerprint density at radius 3 is 2.68 bits per heavy atom. The van der Waals surface area contributed by atoms with Crippen molar-refractivity contribution in [3.8, 4) is 5.75 Å². The topological polar surface area (TPSA) is 70.6 Å². The van der Waals surface area contributed by atoms with Crippen LogP contribution in [0.25, 0.3) is 0 Å². The summed E-state index contributed by atoms with van der Waals surface area (Å²) in [7, 11) is 0. The number of carbonyl (C=O) groups is 1. The van der Waals surface area contributed by atoms with Gasteiger partial charge in [-0.2, -0.15) is 0 Å². The predicted octanol–water partition coefficient (Wildman–Crippen LogP) is 2.15. The molecule has 0 saturated carbocycles. The van der Waals surface area contributed by atoms with Gasteiger partial charge in [0.15, 0.2) is 6.61 Å². The van der Waals surface area contributed by atoms with E-state index in [1.165, 1.54) is 0 Å². The maximum Gasteiger partial charge on any atom is 0.257 e. The van der Waals surface area contributed by atoms with E-state index in [0.717, 1.165) is 50.7 Å². The summed E-state index contributed by atoms with van der Waals surface area (Å²) < 4.78 is 5.56. The lowest BCUT2D eigenvalue weighted by atomic mass is 10.2. The molecule has 1 aliphatic heterocycles. The summed E-state index contributed by atoms with van der Waals surface area (Å²) in [6, 6.07) is 7.19. The summed E-state index contributed by atoms with van der Waals surface area (Å²) >= 11 is 5.92. The number of hydrogen-bond donors (Lipinski definition) is 1. The number of benzene rings is 1. The van der Waals surface area contributed by atoms with Gasteiger partial charge in [0.25, 0.3) is 5.91 Å². The molecule has 2 heterocycles. The normalized spacial score (nSPS) is 14.7. The van der Waals surface area contributed by atoms with Crippen LogP contribution in [-0.2, 0) is 4.79 Å². The lowest BCUT2D eigenvalue weighted by molar-refractivity contribution is -0.123. The Hall–Kier alpha value is -2.38. The Balaban J connectivity index is 1.28. The number of rotatable bonds is 8. The van der Waals surface area contributed by atoms with Crippen molar-refractivity contribution in [1.29, 1.82) is 0 Å². The molecule has 0 bridgehead atoms. The number of ether oxygens (including phenoxy) is 1. The van der Waals surface area contributed by atoms with Gasteiger partial charge in [-0.05, 0) is 49.7 Å². The number of nitrogens with zero attached hydrogens (tertiary/aromatic N) is 4. The zero-order valence-electron chi connectivity index (χ0n) is 16.1. The standard InChI is InChI=1S/C20H26ClN5O2/c1-16-14-17(21)4-5-18(16)28-15-19(27)22-8-3-9-25-10-12-26(13-11-25)20-23-6-2-7-24-20/h2,4-7,14H,3,8-13,15H2,1H3,(H,22,27). The van der Waals surface area contributed by atoms with Crippen LogP contribution in [0.15, 0.2) is 36.7 Å². The number of amides is 1. The molecule has 0 unspecified atom stereocenters. The quantitative estimate of drug-likeness (QED) is 0.681. The molecule has 28 heavy (non-hydrogen) atoms. The Morgan fingerprint density at radius 2 is 1.96 bits per heavy atom. The Bertz CT molecular complexity index is 766. The molecular weight excluding hydrogens is 378 g/mol. The minimum atomic E-state index is -0.111. The first kappa shape index (κ1) is 20.4. The number of nitrogens with one attached hydrogen (secondary N) is 1. The largest absolute Gasteiger partial charge is 0.484 e. The molecule has 8 heteroatoms. The van der Waals surface area contributed by atoms with Crippen molar-refractivity contribution in [2.24, 2.45) is 0 Å². The third kappa shape index (κ3) is 6.07. The van der Waals surface area contributed by atoms with Crippen LogP contribution in [0.2, 0.25) is 5.02 Å². The highest BCUT2D eigenvalue weighted by Crippen LogP contribution is 2.21. The maximum atomic E-state index is 11.9. The average molecular weight is 404 g/mol. The van der Waals surface area contributed by atoms with E-state index in [4.69, 9.17) is 16.3 Å². The summed E-state index contributed by atoms with van der Waals surface area (Å²) in [4.78, 5) is 25.2. The molecule has 1 aromatic carbocycles. The van der Waals surface area contributed by atoms with Gasteiger partial charge in [0.05, 0.1) is 0 Å². The molecule has 1 aromatic heterocycles. The van der Waals surface area contributed by atoms with Gasteiger partial charge in [0.1, 0.15) is 5.75 Å². The number of halogens is 1. The molecule has 3 rings (SSSR count). The van der Waals surface area contributed by atoms with Crippen LogP contribution < -0.4 is 15.0 Å². The highest BCUT2D eigenvalue weighted by Gasteiger charge is 2.18. The van der Waals surface area contributed by atoms with E-state index in [9.17, 15) is 4.79 Å². The Labute approximate surface area is 170 Å². The van der Waals surface area contributed by atoms with Gasteiger partial charge in [-0.1, -0.05) is 11.6 Å². The molecule has 0 radical (unpaired) electrons. The highest BCUT2D eigenvalue weighted by atomic mass is 35.5. The predicted molar refractivity (Wildman–Crippen MR) is 110 cm³/mol. The van der Waals surface area contributed by atoms with Crippen LogP contribution >= 0.6 is 11.6 Å². The van der Waals surface area contributed by atoms with E-state index in [1.54, 1.807) is 24.5 Å². The number of aromatic nitrogens is 2. The highest BCUT2D eigenvalue weighted by molar-refractivity contribution is 6.30.